The van der Waals surface area contributed by atoms with Crippen molar-refractivity contribution < 1.29 is 19.6 Å². The molecule has 0 amide bonds. The van der Waals surface area contributed by atoms with Crippen LogP contribution < -0.4 is 4.74 Å². The van der Waals surface area contributed by atoms with Crippen LogP contribution in [0.4, 0.5) is 5.69 Å². The molecule has 0 spiro atoms. The molecule has 0 aliphatic rings. The van der Waals surface area contributed by atoms with E-state index in [0.717, 1.165) is 18.2 Å². The Bertz CT molecular complexity index is 768. The van der Waals surface area contributed by atoms with E-state index >= 15 is 0 Å². The molecule has 0 saturated heterocycles. The fourth-order valence-corrected chi connectivity index (χ4v) is 1.46. The third-order valence-corrected chi connectivity index (χ3v) is 2.38. The molecule has 2 rings (SSSR count). The van der Waals surface area contributed by atoms with E-state index in [1.165, 1.54) is 12.4 Å². The van der Waals surface area contributed by atoms with Crippen molar-refractivity contribution in [2.24, 2.45) is 0 Å². The number of aromatic nitrogens is 2. The molecule has 0 atom stereocenters. The minimum absolute atomic E-state index is 0.174. The molecule has 0 unspecified atom stereocenters. The number of carboxylic acid groups (broad SMARTS) is 1. The highest BCUT2D eigenvalue weighted by molar-refractivity contribution is 5.88. The second-order valence-electron chi connectivity index (χ2n) is 3.67. The van der Waals surface area contributed by atoms with E-state index in [1.54, 1.807) is 6.07 Å². The van der Waals surface area contributed by atoms with Crippen LogP contribution in [0, 0.1) is 21.4 Å². The van der Waals surface area contributed by atoms with Gasteiger partial charge in [0.2, 0.25) is 11.4 Å². The fourth-order valence-electron chi connectivity index (χ4n) is 1.46. The van der Waals surface area contributed by atoms with E-state index < -0.39 is 16.6 Å². The first-order chi connectivity index (χ1) is 10.0. The molecule has 1 aromatic carbocycles. The minimum atomic E-state index is -1.27. The molecule has 21 heavy (non-hydrogen) atoms. The molecule has 9 heteroatoms. The molecule has 0 bridgehead atoms. The van der Waals surface area contributed by atoms with Gasteiger partial charge in [-0.25, -0.2) is 14.8 Å². The summed E-state index contributed by atoms with van der Waals surface area (Å²) in [5.74, 6) is -1.85. The average Bonchev–Trinajstić information content (AvgIpc) is 2.47. The monoisotopic (exact) mass is 286 g/mol. The molecule has 104 valence electrons. The predicted molar refractivity (Wildman–Crippen MR) is 66.9 cm³/mol. The first kappa shape index (κ1) is 13.9. The summed E-state index contributed by atoms with van der Waals surface area (Å²) >= 11 is 0. The van der Waals surface area contributed by atoms with Crippen molar-refractivity contribution in [3.8, 4) is 17.7 Å². The summed E-state index contributed by atoms with van der Waals surface area (Å²) in [7, 11) is 0. The highest BCUT2D eigenvalue weighted by Crippen LogP contribution is 2.32. The van der Waals surface area contributed by atoms with E-state index in [1.807, 2.05) is 0 Å². The number of aromatic carboxylic acids is 1. The van der Waals surface area contributed by atoms with E-state index in [0.29, 0.717) is 0 Å². The largest absolute Gasteiger partial charge is 0.478 e. The van der Waals surface area contributed by atoms with Crippen molar-refractivity contribution in [2.75, 3.05) is 0 Å². The van der Waals surface area contributed by atoms with Gasteiger partial charge in [0.25, 0.3) is 5.88 Å². The maximum Gasteiger partial charge on any atom is 0.335 e. The Morgan fingerprint density at radius 2 is 2.10 bits per heavy atom. The summed E-state index contributed by atoms with van der Waals surface area (Å²) in [6, 6.07) is 4.78. The number of nitro groups is 1. The fraction of sp³-hybridized carbons (Fsp3) is 0. The summed E-state index contributed by atoms with van der Waals surface area (Å²) in [6.07, 6.45) is 2.50. The molecule has 0 aliphatic carbocycles. The van der Waals surface area contributed by atoms with Gasteiger partial charge in [0.05, 0.1) is 10.5 Å². The third kappa shape index (κ3) is 2.90. The van der Waals surface area contributed by atoms with Gasteiger partial charge in [-0.15, -0.1) is 0 Å². The van der Waals surface area contributed by atoms with Crippen LogP contribution in [0.5, 0.6) is 11.6 Å². The van der Waals surface area contributed by atoms with Crippen molar-refractivity contribution in [2.45, 2.75) is 0 Å². The molecule has 0 radical (unpaired) electrons. The Hall–Kier alpha value is -3.54. The van der Waals surface area contributed by atoms with Crippen LogP contribution in [0.3, 0.4) is 0 Å². The Balaban J connectivity index is 2.51. The van der Waals surface area contributed by atoms with Gasteiger partial charge in [-0.3, -0.25) is 10.1 Å². The minimum Gasteiger partial charge on any atom is -0.478 e. The first-order valence-corrected chi connectivity index (χ1v) is 5.43. The van der Waals surface area contributed by atoms with Crippen LogP contribution in [0.15, 0.2) is 30.6 Å². The zero-order valence-corrected chi connectivity index (χ0v) is 10.3. The van der Waals surface area contributed by atoms with Crippen LogP contribution in [-0.4, -0.2) is 26.0 Å². The lowest BCUT2D eigenvalue weighted by Gasteiger charge is -2.06. The Morgan fingerprint density at radius 3 is 2.71 bits per heavy atom. The lowest BCUT2D eigenvalue weighted by molar-refractivity contribution is -0.385. The topological polar surface area (TPSA) is 139 Å². The van der Waals surface area contributed by atoms with E-state index in [4.69, 9.17) is 15.1 Å². The number of hydrogen-bond donors (Lipinski definition) is 1. The molecule has 2 aromatic rings. The number of carbonyl (C=O) groups is 1. The predicted octanol–water partition coefficient (Wildman–Crippen LogP) is 1.75. The average molecular weight is 286 g/mol. The number of benzene rings is 1. The smallest absolute Gasteiger partial charge is 0.335 e. The molecule has 9 nitrogen and oxygen atoms in total. The molecule has 0 aliphatic heterocycles. The van der Waals surface area contributed by atoms with Gasteiger partial charge in [0.1, 0.15) is 6.07 Å². The SMILES string of the molecule is N#Cc1nccnc1Oc1cc(C(=O)O)ccc1[N+](=O)[O-]. The molecule has 1 N–H and O–H groups in total. The summed E-state index contributed by atoms with van der Waals surface area (Å²) in [5, 5.41) is 28.7. The van der Waals surface area contributed by atoms with Crippen LogP contribution in [0.1, 0.15) is 16.1 Å². The van der Waals surface area contributed by atoms with Gasteiger partial charge < -0.3 is 9.84 Å². The van der Waals surface area contributed by atoms with Crippen molar-refractivity contribution in [1.82, 2.24) is 9.97 Å². The van der Waals surface area contributed by atoms with Crippen LogP contribution in [0.2, 0.25) is 0 Å². The number of carboxylic acids is 1. The third-order valence-electron chi connectivity index (χ3n) is 2.38. The molecule has 1 aromatic heterocycles. The van der Waals surface area contributed by atoms with Crippen molar-refractivity contribution >= 4 is 11.7 Å². The first-order valence-electron chi connectivity index (χ1n) is 5.43. The molecule has 0 fully saturated rings. The van der Waals surface area contributed by atoms with Crippen LogP contribution >= 0.6 is 0 Å². The molecule has 0 saturated carbocycles. The number of nitriles is 1. The standard InChI is InChI=1S/C12H6N4O5/c13-6-8-11(15-4-3-14-8)21-10-5-7(12(17)18)1-2-9(10)16(19)20/h1-5H,(H,17,18). The van der Waals surface area contributed by atoms with E-state index in [2.05, 4.69) is 9.97 Å². The Kier molecular flexibility index (Phi) is 3.71. The lowest BCUT2D eigenvalue weighted by Crippen LogP contribution is -2.01. The van der Waals surface area contributed by atoms with Gasteiger partial charge in [-0.05, 0) is 6.07 Å². The van der Waals surface area contributed by atoms with Crippen molar-refractivity contribution in [3.05, 3.63) is 52.0 Å². The number of nitrogens with zero attached hydrogens (tertiary/aromatic N) is 4. The van der Waals surface area contributed by atoms with Gasteiger partial charge in [0, 0.05) is 24.5 Å². The number of nitro benzene ring substituents is 1. The normalized spacial score (nSPS) is 9.67. The van der Waals surface area contributed by atoms with Gasteiger partial charge in [-0.1, -0.05) is 0 Å². The Morgan fingerprint density at radius 1 is 1.38 bits per heavy atom. The molecule has 1 heterocycles. The maximum atomic E-state index is 10.9. The number of hydrogen-bond acceptors (Lipinski definition) is 7. The van der Waals surface area contributed by atoms with Gasteiger partial charge in [-0.2, -0.15) is 5.26 Å². The summed E-state index contributed by atoms with van der Waals surface area (Å²) in [5.41, 5.74) is -0.819. The summed E-state index contributed by atoms with van der Waals surface area (Å²) in [4.78, 5) is 28.5. The highest BCUT2D eigenvalue weighted by atomic mass is 16.6. The highest BCUT2D eigenvalue weighted by Gasteiger charge is 2.20. The van der Waals surface area contributed by atoms with Crippen LogP contribution in [0.25, 0.3) is 0 Å². The lowest BCUT2D eigenvalue weighted by atomic mass is 10.2. The second-order valence-corrected chi connectivity index (χ2v) is 3.67. The van der Waals surface area contributed by atoms with Crippen LogP contribution in [-0.2, 0) is 0 Å². The number of ether oxygens (including phenoxy) is 1. The quantitative estimate of drug-likeness (QED) is 0.662. The van der Waals surface area contributed by atoms with Gasteiger partial charge in [0.15, 0.2) is 0 Å². The van der Waals surface area contributed by atoms with Crippen molar-refractivity contribution in [1.29, 1.82) is 5.26 Å². The molecular formula is C12H6N4O5. The summed E-state index contributed by atoms with van der Waals surface area (Å²) in [6.45, 7) is 0. The zero-order valence-electron chi connectivity index (χ0n) is 10.3. The zero-order chi connectivity index (χ0) is 15.4. The molecular weight excluding hydrogens is 280 g/mol. The van der Waals surface area contributed by atoms with E-state index in [9.17, 15) is 14.9 Å². The Labute approximate surface area is 117 Å². The second kappa shape index (κ2) is 5.62. The maximum absolute atomic E-state index is 10.9. The van der Waals surface area contributed by atoms with Crippen molar-refractivity contribution in [3.63, 3.8) is 0 Å². The van der Waals surface area contributed by atoms with Gasteiger partial charge >= 0.3 is 11.7 Å². The van der Waals surface area contributed by atoms with E-state index in [-0.39, 0.29) is 22.9 Å². The number of rotatable bonds is 4. The summed E-state index contributed by atoms with van der Waals surface area (Å²) < 4.78 is 5.18.